The van der Waals surface area contributed by atoms with E-state index in [4.69, 9.17) is 4.42 Å². The Morgan fingerprint density at radius 3 is 2.78 bits per heavy atom. The molecule has 2 aromatic rings. The van der Waals surface area contributed by atoms with Gasteiger partial charge in [0, 0.05) is 12.8 Å². The Balaban J connectivity index is 2.03. The maximum Gasteiger partial charge on any atom is 0.205 e. The normalized spacial score (nSPS) is 18.4. The van der Waals surface area contributed by atoms with E-state index in [0.29, 0.717) is 12.2 Å². The molecule has 0 amide bonds. The Bertz CT molecular complexity index is 596. The number of ketones is 2. The van der Waals surface area contributed by atoms with Gasteiger partial charge in [-0.1, -0.05) is 24.3 Å². The van der Waals surface area contributed by atoms with Gasteiger partial charge >= 0.3 is 0 Å². The third kappa shape index (κ3) is 1.78. The van der Waals surface area contributed by atoms with Crippen molar-refractivity contribution in [2.24, 2.45) is 0 Å². The van der Waals surface area contributed by atoms with E-state index in [1.54, 1.807) is 12.1 Å². The van der Waals surface area contributed by atoms with Crippen LogP contribution >= 0.6 is 0 Å². The third-order valence-corrected chi connectivity index (χ3v) is 3.33. The van der Waals surface area contributed by atoms with Crippen LogP contribution in [-0.4, -0.2) is 11.6 Å². The highest BCUT2D eigenvalue weighted by molar-refractivity contribution is 6.03. The van der Waals surface area contributed by atoms with E-state index in [1.165, 1.54) is 6.26 Å². The lowest BCUT2D eigenvalue weighted by atomic mass is 9.79. The lowest BCUT2D eigenvalue weighted by Crippen LogP contribution is -2.24. The Labute approximate surface area is 104 Å². The molecular formula is C15H12O3. The third-order valence-electron chi connectivity index (χ3n) is 3.33. The minimum absolute atomic E-state index is 0.110. The average molecular weight is 240 g/mol. The van der Waals surface area contributed by atoms with Crippen LogP contribution < -0.4 is 0 Å². The van der Waals surface area contributed by atoms with Gasteiger partial charge in [0.25, 0.3) is 0 Å². The molecule has 0 radical (unpaired) electrons. The number of rotatable bonds is 2. The Hall–Kier alpha value is -2.16. The molecule has 3 rings (SSSR count). The maximum atomic E-state index is 12.3. The number of carbonyl (C=O) groups is 2. The van der Waals surface area contributed by atoms with Crippen LogP contribution in [0.25, 0.3) is 0 Å². The molecule has 3 heteroatoms. The van der Waals surface area contributed by atoms with Crippen molar-refractivity contribution in [1.82, 2.24) is 0 Å². The minimum atomic E-state index is -0.395. The van der Waals surface area contributed by atoms with Gasteiger partial charge in [0.1, 0.15) is 5.78 Å². The molecule has 0 spiro atoms. The Kier molecular flexibility index (Phi) is 2.59. The number of Topliss-reactive ketones (excluding diaryl/α,β-unsaturated/α-hetero) is 2. The molecule has 0 fully saturated rings. The molecule has 1 aromatic heterocycles. The van der Waals surface area contributed by atoms with Gasteiger partial charge in [-0.2, -0.15) is 0 Å². The van der Waals surface area contributed by atoms with Crippen molar-refractivity contribution in [2.75, 3.05) is 0 Å². The molecule has 1 atom stereocenters. The van der Waals surface area contributed by atoms with Crippen LogP contribution in [-0.2, 0) is 11.2 Å². The lowest BCUT2D eigenvalue weighted by molar-refractivity contribution is -0.119. The highest BCUT2D eigenvalue weighted by Crippen LogP contribution is 2.32. The molecule has 0 bridgehead atoms. The Morgan fingerprint density at radius 1 is 1.17 bits per heavy atom. The second-order valence-corrected chi connectivity index (χ2v) is 4.51. The Morgan fingerprint density at radius 2 is 2.00 bits per heavy atom. The van der Waals surface area contributed by atoms with Gasteiger partial charge in [0.2, 0.25) is 5.78 Å². The summed E-state index contributed by atoms with van der Waals surface area (Å²) in [7, 11) is 0. The van der Waals surface area contributed by atoms with Crippen LogP contribution in [0, 0.1) is 0 Å². The molecule has 1 heterocycles. The van der Waals surface area contributed by atoms with Crippen molar-refractivity contribution in [2.45, 2.75) is 18.8 Å². The van der Waals surface area contributed by atoms with Gasteiger partial charge in [-0.05, 0) is 23.3 Å². The first-order valence-electron chi connectivity index (χ1n) is 5.93. The molecule has 0 N–H and O–H groups in total. The van der Waals surface area contributed by atoms with Gasteiger partial charge in [-0.25, -0.2) is 0 Å². The molecule has 18 heavy (non-hydrogen) atoms. The first-order valence-corrected chi connectivity index (χ1v) is 5.93. The van der Waals surface area contributed by atoms with Crippen molar-refractivity contribution in [3.63, 3.8) is 0 Å². The van der Waals surface area contributed by atoms with Gasteiger partial charge in [0.05, 0.1) is 12.2 Å². The van der Waals surface area contributed by atoms with E-state index in [0.717, 1.165) is 11.1 Å². The number of carbonyl (C=O) groups excluding carboxylic acids is 2. The summed E-state index contributed by atoms with van der Waals surface area (Å²) in [6.45, 7) is 0. The van der Waals surface area contributed by atoms with E-state index in [1.807, 2.05) is 24.3 Å². The SMILES string of the molecule is O=C1Cc2ccccc2C(C(=O)c2ccco2)C1. The summed E-state index contributed by atoms with van der Waals surface area (Å²) in [6.07, 6.45) is 2.18. The molecular weight excluding hydrogens is 228 g/mol. The molecule has 3 nitrogen and oxygen atoms in total. The average Bonchev–Trinajstić information content (AvgIpc) is 2.90. The minimum Gasteiger partial charge on any atom is -0.461 e. The van der Waals surface area contributed by atoms with E-state index < -0.39 is 5.92 Å². The van der Waals surface area contributed by atoms with Crippen LogP contribution in [0.2, 0.25) is 0 Å². The van der Waals surface area contributed by atoms with Crippen molar-refractivity contribution in [3.8, 4) is 0 Å². The fraction of sp³-hybridized carbons (Fsp3) is 0.200. The van der Waals surface area contributed by atoms with Crippen molar-refractivity contribution in [3.05, 3.63) is 59.5 Å². The first-order chi connectivity index (χ1) is 8.75. The molecule has 0 saturated heterocycles. The number of hydrogen-bond acceptors (Lipinski definition) is 3. The predicted molar refractivity (Wildman–Crippen MR) is 65.5 cm³/mol. The highest BCUT2D eigenvalue weighted by Gasteiger charge is 2.31. The first kappa shape index (κ1) is 11.0. The van der Waals surface area contributed by atoms with Gasteiger partial charge < -0.3 is 4.42 Å². The van der Waals surface area contributed by atoms with E-state index in [2.05, 4.69) is 0 Å². The zero-order valence-electron chi connectivity index (χ0n) is 9.76. The van der Waals surface area contributed by atoms with Gasteiger partial charge in [-0.15, -0.1) is 0 Å². The topological polar surface area (TPSA) is 47.3 Å². The predicted octanol–water partition coefficient (Wildman–Crippen LogP) is 2.76. The summed E-state index contributed by atoms with van der Waals surface area (Å²) >= 11 is 0. The zero-order valence-corrected chi connectivity index (χ0v) is 9.76. The van der Waals surface area contributed by atoms with Gasteiger partial charge in [0.15, 0.2) is 5.76 Å². The van der Waals surface area contributed by atoms with Crippen LogP contribution in [0.4, 0.5) is 0 Å². The molecule has 1 aromatic carbocycles. The summed E-state index contributed by atoms with van der Waals surface area (Å²) in [5.41, 5.74) is 1.91. The van der Waals surface area contributed by atoms with E-state index in [-0.39, 0.29) is 18.0 Å². The molecule has 0 aliphatic heterocycles. The van der Waals surface area contributed by atoms with Crippen LogP contribution in [0.3, 0.4) is 0 Å². The molecule has 90 valence electrons. The van der Waals surface area contributed by atoms with E-state index >= 15 is 0 Å². The monoisotopic (exact) mass is 240 g/mol. The zero-order chi connectivity index (χ0) is 12.5. The summed E-state index contributed by atoms with van der Waals surface area (Å²) < 4.78 is 5.14. The summed E-state index contributed by atoms with van der Waals surface area (Å²) in [4.78, 5) is 24.1. The fourth-order valence-corrected chi connectivity index (χ4v) is 2.48. The second-order valence-electron chi connectivity index (χ2n) is 4.51. The quantitative estimate of drug-likeness (QED) is 0.758. The van der Waals surface area contributed by atoms with Crippen LogP contribution in [0.5, 0.6) is 0 Å². The number of hydrogen-bond donors (Lipinski definition) is 0. The molecule has 0 saturated carbocycles. The van der Waals surface area contributed by atoms with Crippen molar-refractivity contribution >= 4 is 11.6 Å². The van der Waals surface area contributed by atoms with Crippen LogP contribution in [0.1, 0.15) is 34.0 Å². The summed E-state index contributed by atoms with van der Waals surface area (Å²) in [5, 5.41) is 0. The standard InChI is InChI=1S/C15H12O3/c16-11-8-10-4-1-2-5-12(10)13(9-11)15(17)14-6-3-7-18-14/h1-7,13H,8-9H2. The van der Waals surface area contributed by atoms with Gasteiger partial charge in [-0.3, -0.25) is 9.59 Å². The molecule has 1 unspecified atom stereocenters. The summed E-state index contributed by atoms with van der Waals surface area (Å²) in [6, 6.07) is 11.0. The lowest BCUT2D eigenvalue weighted by Gasteiger charge is -2.22. The molecule has 1 aliphatic rings. The van der Waals surface area contributed by atoms with Crippen molar-refractivity contribution in [1.29, 1.82) is 0 Å². The summed E-state index contributed by atoms with van der Waals surface area (Å²) in [5.74, 6) is -0.0720. The smallest absolute Gasteiger partial charge is 0.205 e. The van der Waals surface area contributed by atoms with Crippen LogP contribution in [0.15, 0.2) is 47.1 Å². The largest absolute Gasteiger partial charge is 0.461 e. The number of fused-ring (bicyclic) bond motifs is 1. The number of benzene rings is 1. The van der Waals surface area contributed by atoms with E-state index in [9.17, 15) is 9.59 Å². The van der Waals surface area contributed by atoms with Crippen molar-refractivity contribution < 1.29 is 14.0 Å². The number of furan rings is 1. The highest BCUT2D eigenvalue weighted by atomic mass is 16.3. The fourth-order valence-electron chi connectivity index (χ4n) is 2.48. The molecule has 1 aliphatic carbocycles. The maximum absolute atomic E-state index is 12.3. The second kappa shape index (κ2) is 4.26.